The predicted molar refractivity (Wildman–Crippen MR) is 71.9 cm³/mol. The smallest absolute Gasteiger partial charge is 0.240 e. The zero-order chi connectivity index (χ0) is 13.2. The second-order valence-electron chi connectivity index (χ2n) is 4.74. The summed E-state index contributed by atoms with van der Waals surface area (Å²) in [4.78, 5) is 0.349. The molecule has 0 amide bonds. The monoisotopic (exact) mass is 268 g/mol. The summed E-state index contributed by atoms with van der Waals surface area (Å²) in [5.41, 5.74) is 1.10. The van der Waals surface area contributed by atoms with Crippen molar-refractivity contribution in [2.45, 2.75) is 43.7 Å². The average Bonchev–Trinajstić information content (AvgIpc) is 3.13. The number of hydrogen-bond acceptors (Lipinski definition) is 3. The molecule has 0 heterocycles. The van der Waals surface area contributed by atoms with Gasteiger partial charge in [0.25, 0.3) is 0 Å². The van der Waals surface area contributed by atoms with Crippen LogP contribution in [0.15, 0.2) is 29.2 Å². The molecule has 0 spiro atoms. The van der Waals surface area contributed by atoms with Gasteiger partial charge in [-0.15, -0.1) is 0 Å². The molecule has 2 N–H and O–H groups in total. The molecule has 1 aromatic carbocycles. The van der Waals surface area contributed by atoms with Crippen molar-refractivity contribution in [2.75, 3.05) is 6.54 Å². The summed E-state index contributed by atoms with van der Waals surface area (Å²) in [6.07, 6.45) is 1.91. The second kappa shape index (κ2) is 5.38. The lowest BCUT2D eigenvalue weighted by Crippen LogP contribution is -2.25. The van der Waals surface area contributed by atoms with E-state index in [0.29, 0.717) is 4.90 Å². The molecule has 1 fully saturated rings. The topological polar surface area (TPSA) is 58.2 Å². The van der Waals surface area contributed by atoms with Crippen LogP contribution in [0.3, 0.4) is 0 Å². The lowest BCUT2D eigenvalue weighted by molar-refractivity contribution is 0.580. The molecule has 5 heteroatoms. The molecule has 18 heavy (non-hydrogen) atoms. The van der Waals surface area contributed by atoms with Gasteiger partial charge in [0.2, 0.25) is 10.0 Å². The molecule has 1 saturated carbocycles. The van der Waals surface area contributed by atoms with Crippen molar-refractivity contribution in [3.05, 3.63) is 29.8 Å². The Morgan fingerprint density at radius 1 is 1.28 bits per heavy atom. The van der Waals surface area contributed by atoms with Crippen LogP contribution in [0, 0.1) is 0 Å². The molecule has 1 unspecified atom stereocenters. The zero-order valence-electron chi connectivity index (χ0n) is 10.8. The van der Waals surface area contributed by atoms with Crippen LogP contribution < -0.4 is 10.0 Å². The van der Waals surface area contributed by atoms with Gasteiger partial charge in [-0.1, -0.05) is 19.1 Å². The standard InChI is InChI=1S/C13H20N2O2S/c1-3-14-10(2)11-4-8-13(9-5-11)18(16,17)15-12-6-7-12/h4-5,8-10,12,14-15H,3,6-7H2,1-2H3. The van der Waals surface area contributed by atoms with Crippen LogP contribution in [-0.4, -0.2) is 21.0 Å². The van der Waals surface area contributed by atoms with Crippen molar-refractivity contribution in [1.29, 1.82) is 0 Å². The SMILES string of the molecule is CCNC(C)c1ccc(S(=O)(=O)NC2CC2)cc1. The minimum Gasteiger partial charge on any atom is -0.310 e. The highest BCUT2D eigenvalue weighted by Gasteiger charge is 2.27. The first-order valence-corrected chi connectivity index (χ1v) is 7.87. The Labute approximate surface area is 109 Å². The minimum absolute atomic E-state index is 0.148. The van der Waals surface area contributed by atoms with Crippen molar-refractivity contribution in [2.24, 2.45) is 0 Å². The van der Waals surface area contributed by atoms with Gasteiger partial charge in [0.15, 0.2) is 0 Å². The van der Waals surface area contributed by atoms with E-state index in [1.807, 2.05) is 12.1 Å². The highest BCUT2D eigenvalue weighted by molar-refractivity contribution is 7.89. The lowest BCUT2D eigenvalue weighted by atomic mass is 10.1. The molecule has 100 valence electrons. The fourth-order valence-electron chi connectivity index (χ4n) is 1.85. The molecule has 1 atom stereocenters. The van der Waals surface area contributed by atoms with Gasteiger partial charge < -0.3 is 5.32 Å². The predicted octanol–water partition coefficient (Wildman–Crippen LogP) is 1.80. The van der Waals surface area contributed by atoms with Gasteiger partial charge in [0, 0.05) is 12.1 Å². The van der Waals surface area contributed by atoms with E-state index >= 15 is 0 Å². The van der Waals surface area contributed by atoms with Crippen molar-refractivity contribution in [3.8, 4) is 0 Å². The van der Waals surface area contributed by atoms with Gasteiger partial charge in [-0.2, -0.15) is 0 Å². The van der Waals surface area contributed by atoms with Gasteiger partial charge in [0.1, 0.15) is 0 Å². The third-order valence-corrected chi connectivity index (χ3v) is 4.64. The van der Waals surface area contributed by atoms with Crippen molar-refractivity contribution >= 4 is 10.0 Å². The maximum atomic E-state index is 12.0. The number of hydrogen-bond donors (Lipinski definition) is 2. The molecule has 0 aliphatic heterocycles. The molecular weight excluding hydrogens is 248 g/mol. The van der Waals surface area contributed by atoms with Crippen LogP contribution in [0.5, 0.6) is 0 Å². The van der Waals surface area contributed by atoms with E-state index in [9.17, 15) is 8.42 Å². The third-order valence-electron chi connectivity index (χ3n) is 3.10. The summed E-state index contributed by atoms with van der Waals surface area (Å²) < 4.78 is 26.6. The maximum Gasteiger partial charge on any atom is 0.240 e. The molecule has 0 saturated heterocycles. The number of sulfonamides is 1. The van der Waals surface area contributed by atoms with Crippen LogP contribution in [0.25, 0.3) is 0 Å². The number of rotatable bonds is 6. The Kier molecular flexibility index (Phi) is 4.04. The van der Waals surface area contributed by atoms with E-state index in [1.54, 1.807) is 12.1 Å². The van der Waals surface area contributed by atoms with E-state index in [-0.39, 0.29) is 12.1 Å². The molecular formula is C13H20N2O2S. The summed E-state index contributed by atoms with van der Waals surface area (Å²) >= 11 is 0. The normalized spacial score (nSPS) is 17.7. The second-order valence-corrected chi connectivity index (χ2v) is 6.46. The van der Waals surface area contributed by atoms with Crippen LogP contribution in [0.1, 0.15) is 38.3 Å². The summed E-state index contributed by atoms with van der Waals surface area (Å²) in [6, 6.07) is 7.48. The van der Waals surface area contributed by atoms with Crippen molar-refractivity contribution in [3.63, 3.8) is 0 Å². The fraction of sp³-hybridized carbons (Fsp3) is 0.538. The van der Waals surface area contributed by atoms with E-state index in [2.05, 4.69) is 23.9 Å². The molecule has 2 rings (SSSR count). The van der Waals surface area contributed by atoms with E-state index in [1.165, 1.54) is 0 Å². The Hall–Kier alpha value is -0.910. The van der Waals surface area contributed by atoms with Gasteiger partial charge in [0.05, 0.1) is 4.90 Å². The van der Waals surface area contributed by atoms with Crippen LogP contribution >= 0.6 is 0 Å². The van der Waals surface area contributed by atoms with E-state index < -0.39 is 10.0 Å². The molecule has 1 aromatic rings. The van der Waals surface area contributed by atoms with Crippen LogP contribution in [0.4, 0.5) is 0 Å². The fourth-order valence-corrected chi connectivity index (χ4v) is 3.15. The van der Waals surface area contributed by atoms with Crippen molar-refractivity contribution < 1.29 is 8.42 Å². The average molecular weight is 268 g/mol. The minimum atomic E-state index is -3.32. The molecule has 1 aliphatic carbocycles. The van der Waals surface area contributed by atoms with Gasteiger partial charge in [-0.3, -0.25) is 0 Å². The third kappa shape index (κ3) is 3.31. The van der Waals surface area contributed by atoms with Gasteiger partial charge in [-0.05, 0) is 44.0 Å². The molecule has 4 nitrogen and oxygen atoms in total. The number of benzene rings is 1. The molecule has 0 bridgehead atoms. The largest absolute Gasteiger partial charge is 0.310 e. The highest BCUT2D eigenvalue weighted by Crippen LogP contribution is 2.23. The molecule has 1 aliphatic rings. The summed E-state index contributed by atoms with van der Waals surface area (Å²) in [5, 5.41) is 3.30. The first kappa shape index (κ1) is 13.5. The number of nitrogens with one attached hydrogen (secondary N) is 2. The van der Waals surface area contributed by atoms with Crippen LogP contribution in [0.2, 0.25) is 0 Å². The van der Waals surface area contributed by atoms with Crippen molar-refractivity contribution in [1.82, 2.24) is 10.0 Å². The summed E-state index contributed by atoms with van der Waals surface area (Å²) in [5.74, 6) is 0. The van der Waals surface area contributed by atoms with E-state index in [4.69, 9.17) is 0 Å². The Balaban J connectivity index is 2.11. The Morgan fingerprint density at radius 3 is 2.39 bits per heavy atom. The summed E-state index contributed by atoms with van der Waals surface area (Å²) in [6.45, 7) is 5.01. The first-order chi connectivity index (χ1) is 8.53. The molecule has 0 aromatic heterocycles. The Bertz CT molecular complexity index is 492. The lowest BCUT2D eigenvalue weighted by Gasteiger charge is -2.13. The quantitative estimate of drug-likeness (QED) is 0.827. The van der Waals surface area contributed by atoms with E-state index in [0.717, 1.165) is 24.9 Å². The van der Waals surface area contributed by atoms with Gasteiger partial charge >= 0.3 is 0 Å². The summed E-state index contributed by atoms with van der Waals surface area (Å²) in [7, 11) is -3.32. The Morgan fingerprint density at radius 2 is 1.89 bits per heavy atom. The van der Waals surface area contributed by atoms with Crippen LogP contribution in [-0.2, 0) is 10.0 Å². The first-order valence-electron chi connectivity index (χ1n) is 6.38. The van der Waals surface area contributed by atoms with Gasteiger partial charge in [-0.25, -0.2) is 13.1 Å². The molecule has 0 radical (unpaired) electrons. The zero-order valence-corrected chi connectivity index (χ0v) is 11.6. The highest BCUT2D eigenvalue weighted by atomic mass is 32.2. The maximum absolute atomic E-state index is 12.0.